The molecular weight excluding hydrogens is 360 g/mol. The quantitative estimate of drug-likeness (QED) is 0.722. The zero-order chi connectivity index (χ0) is 19.8. The van der Waals surface area contributed by atoms with Crippen molar-refractivity contribution < 1.29 is 32.5 Å². The van der Waals surface area contributed by atoms with Gasteiger partial charge < -0.3 is 24.3 Å². The summed E-state index contributed by atoms with van der Waals surface area (Å²) >= 11 is 0. The van der Waals surface area contributed by atoms with Crippen LogP contribution in [0.5, 0.6) is 23.0 Å². The van der Waals surface area contributed by atoms with Gasteiger partial charge in [-0.25, -0.2) is 0 Å². The normalized spacial score (nSPS) is 10.4. The standard InChI is InChI=1S/C19H21F2NO5/c1-24-14-5-7-15(25-2)12(10-14)8-9-22-18(23)13-4-6-16(27-19(20)21)17(11-13)26-3/h4-7,10-11,19H,8-9H2,1-3H3,(H,22,23). The fourth-order valence-corrected chi connectivity index (χ4v) is 2.49. The van der Waals surface area contributed by atoms with Gasteiger partial charge in [0.25, 0.3) is 5.91 Å². The molecule has 27 heavy (non-hydrogen) atoms. The maximum atomic E-state index is 12.4. The van der Waals surface area contributed by atoms with Gasteiger partial charge in [0.1, 0.15) is 11.5 Å². The summed E-state index contributed by atoms with van der Waals surface area (Å²) in [6, 6.07) is 9.43. The van der Waals surface area contributed by atoms with Crippen LogP contribution in [0.2, 0.25) is 0 Å². The van der Waals surface area contributed by atoms with Gasteiger partial charge in [0.05, 0.1) is 21.3 Å². The molecule has 0 heterocycles. The first-order valence-corrected chi connectivity index (χ1v) is 8.10. The van der Waals surface area contributed by atoms with Crippen molar-refractivity contribution in [2.75, 3.05) is 27.9 Å². The second-order valence-corrected chi connectivity index (χ2v) is 5.43. The molecule has 0 aliphatic carbocycles. The molecule has 0 saturated heterocycles. The number of halogens is 2. The number of methoxy groups -OCH3 is 3. The van der Waals surface area contributed by atoms with E-state index in [4.69, 9.17) is 14.2 Å². The van der Waals surface area contributed by atoms with E-state index in [1.54, 1.807) is 26.4 Å². The lowest BCUT2D eigenvalue weighted by Gasteiger charge is -2.13. The molecule has 0 aliphatic rings. The zero-order valence-electron chi connectivity index (χ0n) is 15.3. The average molecular weight is 381 g/mol. The highest BCUT2D eigenvalue weighted by Crippen LogP contribution is 2.29. The predicted molar refractivity (Wildman–Crippen MR) is 95.2 cm³/mol. The van der Waals surface area contributed by atoms with Gasteiger partial charge in [0.15, 0.2) is 11.5 Å². The SMILES string of the molecule is COc1ccc(OC)c(CCNC(=O)c2ccc(OC(F)F)c(OC)c2)c1. The van der Waals surface area contributed by atoms with Crippen molar-refractivity contribution in [3.8, 4) is 23.0 Å². The maximum absolute atomic E-state index is 12.4. The van der Waals surface area contributed by atoms with Crippen molar-refractivity contribution in [3.05, 3.63) is 47.5 Å². The molecule has 0 fully saturated rings. The minimum atomic E-state index is -2.98. The molecule has 8 heteroatoms. The van der Waals surface area contributed by atoms with Crippen LogP contribution < -0.4 is 24.3 Å². The highest BCUT2D eigenvalue weighted by Gasteiger charge is 2.14. The zero-order valence-corrected chi connectivity index (χ0v) is 15.3. The Morgan fingerprint density at radius 3 is 2.30 bits per heavy atom. The highest BCUT2D eigenvalue weighted by molar-refractivity contribution is 5.94. The van der Waals surface area contributed by atoms with Gasteiger partial charge in [0, 0.05) is 12.1 Å². The first-order chi connectivity index (χ1) is 13.0. The Bertz CT molecular complexity index is 783. The van der Waals surface area contributed by atoms with Gasteiger partial charge in [-0.3, -0.25) is 4.79 Å². The molecule has 6 nitrogen and oxygen atoms in total. The van der Waals surface area contributed by atoms with Crippen LogP contribution in [0.25, 0.3) is 0 Å². The molecule has 0 aliphatic heterocycles. The van der Waals surface area contributed by atoms with Crippen molar-refractivity contribution >= 4 is 5.91 Å². The lowest BCUT2D eigenvalue weighted by molar-refractivity contribution is -0.0512. The van der Waals surface area contributed by atoms with Gasteiger partial charge in [0.2, 0.25) is 0 Å². The predicted octanol–water partition coefficient (Wildman–Crippen LogP) is 3.29. The van der Waals surface area contributed by atoms with Crippen LogP contribution in [-0.2, 0) is 6.42 Å². The third kappa shape index (κ3) is 5.47. The monoisotopic (exact) mass is 381 g/mol. The Kier molecular flexibility index (Phi) is 7.22. The van der Waals surface area contributed by atoms with Gasteiger partial charge in [-0.2, -0.15) is 8.78 Å². The van der Waals surface area contributed by atoms with Crippen LogP contribution in [0.1, 0.15) is 15.9 Å². The number of hydrogen-bond donors (Lipinski definition) is 1. The number of carbonyl (C=O) groups excluding carboxylic acids is 1. The molecule has 1 N–H and O–H groups in total. The molecule has 146 valence electrons. The second-order valence-electron chi connectivity index (χ2n) is 5.43. The molecule has 0 radical (unpaired) electrons. The number of ether oxygens (including phenoxy) is 4. The number of carbonyl (C=O) groups is 1. The van der Waals surface area contributed by atoms with E-state index in [-0.39, 0.29) is 23.0 Å². The van der Waals surface area contributed by atoms with Crippen LogP contribution in [-0.4, -0.2) is 40.4 Å². The number of alkyl halides is 2. The minimum Gasteiger partial charge on any atom is -0.497 e. The van der Waals surface area contributed by atoms with Crippen molar-refractivity contribution in [2.24, 2.45) is 0 Å². The average Bonchev–Trinajstić information content (AvgIpc) is 2.67. The Morgan fingerprint density at radius 1 is 0.963 bits per heavy atom. The summed E-state index contributed by atoms with van der Waals surface area (Å²) in [6.07, 6.45) is 0.524. The molecule has 0 spiro atoms. The van der Waals surface area contributed by atoms with Crippen LogP contribution in [0.15, 0.2) is 36.4 Å². The van der Waals surface area contributed by atoms with E-state index in [1.165, 1.54) is 25.3 Å². The van der Waals surface area contributed by atoms with E-state index in [1.807, 2.05) is 6.07 Å². The Balaban J connectivity index is 2.02. The van der Waals surface area contributed by atoms with Gasteiger partial charge >= 0.3 is 6.61 Å². The van der Waals surface area contributed by atoms with E-state index in [0.717, 1.165) is 5.56 Å². The Hall–Kier alpha value is -3.03. The van der Waals surface area contributed by atoms with E-state index in [0.29, 0.717) is 24.5 Å². The lowest BCUT2D eigenvalue weighted by Crippen LogP contribution is -2.25. The molecule has 0 unspecified atom stereocenters. The molecule has 2 rings (SSSR count). The molecule has 1 amide bonds. The smallest absolute Gasteiger partial charge is 0.387 e. The minimum absolute atomic E-state index is 0.0532. The molecule has 2 aromatic carbocycles. The number of amides is 1. The number of hydrogen-bond acceptors (Lipinski definition) is 5. The number of rotatable bonds is 9. The van der Waals surface area contributed by atoms with E-state index < -0.39 is 6.61 Å². The lowest BCUT2D eigenvalue weighted by atomic mass is 10.1. The molecule has 0 aromatic heterocycles. The second kappa shape index (κ2) is 9.61. The van der Waals surface area contributed by atoms with Crippen molar-refractivity contribution in [3.63, 3.8) is 0 Å². The van der Waals surface area contributed by atoms with E-state index in [9.17, 15) is 13.6 Å². The largest absolute Gasteiger partial charge is 0.497 e. The van der Waals surface area contributed by atoms with Gasteiger partial charge in [-0.1, -0.05) is 0 Å². The summed E-state index contributed by atoms with van der Waals surface area (Å²) in [4.78, 5) is 12.3. The third-order valence-corrected chi connectivity index (χ3v) is 3.81. The molecule has 0 saturated carbocycles. The molecular formula is C19H21F2NO5. The van der Waals surface area contributed by atoms with E-state index >= 15 is 0 Å². The molecule has 0 bridgehead atoms. The first kappa shape index (κ1) is 20.3. The van der Waals surface area contributed by atoms with Crippen LogP contribution in [0.4, 0.5) is 8.78 Å². The van der Waals surface area contributed by atoms with Crippen molar-refractivity contribution in [1.82, 2.24) is 5.32 Å². The van der Waals surface area contributed by atoms with E-state index in [2.05, 4.69) is 10.1 Å². The van der Waals surface area contributed by atoms with Crippen LogP contribution in [0, 0.1) is 0 Å². The summed E-state index contributed by atoms with van der Waals surface area (Å²) < 4.78 is 44.6. The van der Waals surface area contributed by atoms with Crippen LogP contribution in [0.3, 0.4) is 0 Å². The van der Waals surface area contributed by atoms with Crippen molar-refractivity contribution in [1.29, 1.82) is 0 Å². The van der Waals surface area contributed by atoms with Gasteiger partial charge in [-0.05, 0) is 48.4 Å². The topological polar surface area (TPSA) is 66.0 Å². The fourth-order valence-electron chi connectivity index (χ4n) is 2.49. The summed E-state index contributed by atoms with van der Waals surface area (Å²) in [7, 11) is 4.45. The number of nitrogens with one attached hydrogen (secondary N) is 1. The summed E-state index contributed by atoms with van der Waals surface area (Å²) in [5.41, 5.74) is 1.15. The van der Waals surface area contributed by atoms with Crippen LogP contribution >= 0.6 is 0 Å². The highest BCUT2D eigenvalue weighted by atomic mass is 19.3. The fraction of sp³-hybridized carbons (Fsp3) is 0.316. The summed E-state index contributed by atoms with van der Waals surface area (Å²) in [5.74, 6) is 0.943. The Labute approximate surface area is 156 Å². The summed E-state index contributed by atoms with van der Waals surface area (Å²) in [5, 5.41) is 2.77. The number of benzene rings is 2. The third-order valence-electron chi connectivity index (χ3n) is 3.81. The molecule has 2 aromatic rings. The van der Waals surface area contributed by atoms with Gasteiger partial charge in [-0.15, -0.1) is 0 Å². The first-order valence-electron chi connectivity index (χ1n) is 8.10. The Morgan fingerprint density at radius 2 is 1.67 bits per heavy atom. The van der Waals surface area contributed by atoms with Crippen molar-refractivity contribution in [2.45, 2.75) is 13.0 Å². The molecule has 0 atom stereocenters. The summed E-state index contributed by atoms with van der Waals surface area (Å²) in [6.45, 7) is -2.63. The maximum Gasteiger partial charge on any atom is 0.387 e.